The lowest BCUT2D eigenvalue weighted by molar-refractivity contribution is 1.28. The Morgan fingerprint density at radius 2 is 2.33 bits per heavy atom. The van der Waals surface area contributed by atoms with E-state index in [-0.39, 0.29) is 0 Å². The summed E-state index contributed by atoms with van der Waals surface area (Å²) >= 11 is 11.2. The fourth-order valence-corrected chi connectivity index (χ4v) is 1.33. The van der Waals surface area contributed by atoms with Gasteiger partial charge in [0.2, 0.25) is 0 Å². The Morgan fingerprint density at radius 1 is 1.60 bits per heavy atom. The largest absolute Gasteiger partial charge is 0.379 e. The lowest BCUT2D eigenvalue weighted by Gasteiger charge is -2.08. The van der Waals surface area contributed by atoms with Crippen LogP contribution in [-0.2, 0) is 0 Å². The molecular weight excluding hydrogens is 231 g/mol. The zero-order valence-corrected chi connectivity index (χ0v) is 9.73. The molecule has 4 heteroatoms. The SMILES string of the molecule is Cc1cccc(NC/C(Cl)=C/Cl)c1C#N. The molecule has 15 heavy (non-hydrogen) atoms. The minimum Gasteiger partial charge on any atom is -0.379 e. The number of rotatable bonds is 3. The third-order valence-electron chi connectivity index (χ3n) is 1.95. The quantitative estimate of drug-likeness (QED) is 0.877. The topological polar surface area (TPSA) is 35.8 Å². The first-order valence-electron chi connectivity index (χ1n) is 4.37. The highest BCUT2D eigenvalue weighted by atomic mass is 35.5. The molecule has 0 saturated carbocycles. The summed E-state index contributed by atoms with van der Waals surface area (Å²) < 4.78 is 0. The average molecular weight is 241 g/mol. The summed E-state index contributed by atoms with van der Waals surface area (Å²) in [5, 5.41) is 12.5. The van der Waals surface area contributed by atoms with E-state index in [1.165, 1.54) is 5.54 Å². The summed E-state index contributed by atoms with van der Waals surface area (Å²) in [7, 11) is 0. The zero-order chi connectivity index (χ0) is 11.3. The van der Waals surface area contributed by atoms with Crippen LogP contribution in [0.1, 0.15) is 11.1 Å². The van der Waals surface area contributed by atoms with Crippen LogP contribution in [-0.4, -0.2) is 6.54 Å². The minimum absolute atomic E-state index is 0.420. The fourth-order valence-electron chi connectivity index (χ4n) is 1.18. The maximum absolute atomic E-state index is 8.96. The first-order chi connectivity index (χ1) is 7.19. The second kappa shape index (κ2) is 5.65. The van der Waals surface area contributed by atoms with Crippen molar-refractivity contribution in [3.8, 4) is 6.07 Å². The van der Waals surface area contributed by atoms with E-state index in [2.05, 4.69) is 11.4 Å². The molecular formula is C11H10Cl2N2. The van der Waals surface area contributed by atoms with Crippen molar-refractivity contribution < 1.29 is 0 Å². The smallest absolute Gasteiger partial charge is 0.102 e. The van der Waals surface area contributed by atoms with Gasteiger partial charge in [0, 0.05) is 10.6 Å². The number of aryl methyl sites for hydroxylation is 1. The molecule has 0 atom stereocenters. The first kappa shape index (κ1) is 11.9. The summed E-state index contributed by atoms with van der Waals surface area (Å²) in [5.41, 5.74) is 3.65. The zero-order valence-electron chi connectivity index (χ0n) is 8.22. The molecule has 2 nitrogen and oxygen atoms in total. The van der Waals surface area contributed by atoms with Crippen LogP contribution >= 0.6 is 23.2 Å². The summed E-state index contributed by atoms with van der Waals surface area (Å²) in [5.74, 6) is 0. The third kappa shape index (κ3) is 3.16. The number of hydrogen-bond donors (Lipinski definition) is 1. The van der Waals surface area contributed by atoms with E-state index in [1.807, 2.05) is 25.1 Å². The van der Waals surface area contributed by atoms with Gasteiger partial charge in [0.1, 0.15) is 6.07 Å². The van der Waals surface area contributed by atoms with Crippen LogP contribution in [0.3, 0.4) is 0 Å². The van der Waals surface area contributed by atoms with Crippen molar-refractivity contribution in [2.75, 3.05) is 11.9 Å². The average Bonchev–Trinajstić information content (AvgIpc) is 2.25. The molecule has 0 fully saturated rings. The lowest BCUT2D eigenvalue weighted by atomic mass is 10.1. The molecule has 1 N–H and O–H groups in total. The van der Waals surface area contributed by atoms with Crippen LogP contribution in [0.15, 0.2) is 28.8 Å². The summed E-state index contributed by atoms with van der Waals surface area (Å²) in [6, 6.07) is 7.76. The molecule has 0 aliphatic heterocycles. The van der Waals surface area contributed by atoms with Crippen LogP contribution < -0.4 is 5.32 Å². The number of halogens is 2. The fraction of sp³-hybridized carbons (Fsp3) is 0.182. The number of nitriles is 1. The Kier molecular flexibility index (Phi) is 4.48. The molecule has 0 bridgehead atoms. The molecule has 0 aliphatic rings. The molecule has 0 radical (unpaired) electrons. The highest BCUT2D eigenvalue weighted by molar-refractivity contribution is 6.36. The van der Waals surface area contributed by atoms with E-state index in [1.54, 1.807) is 0 Å². The van der Waals surface area contributed by atoms with Crippen LogP contribution in [0.5, 0.6) is 0 Å². The van der Waals surface area contributed by atoms with Gasteiger partial charge in [0.15, 0.2) is 0 Å². The summed E-state index contributed by atoms with van der Waals surface area (Å²) in [4.78, 5) is 0. The van der Waals surface area contributed by atoms with Crippen molar-refractivity contribution in [2.24, 2.45) is 0 Å². The molecule has 0 aromatic heterocycles. The van der Waals surface area contributed by atoms with Crippen LogP contribution in [0.25, 0.3) is 0 Å². The monoisotopic (exact) mass is 240 g/mol. The van der Waals surface area contributed by atoms with Crippen molar-refractivity contribution in [3.05, 3.63) is 39.9 Å². The van der Waals surface area contributed by atoms with E-state index in [0.717, 1.165) is 11.3 Å². The van der Waals surface area contributed by atoms with E-state index >= 15 is 0 Å². The number of nitrogens with one attached hydrogen (secondary N) is 1. The number of anilines is 1. The standard InChI is InChI=1S/C11H10Cl2N2/c1-8-3-2-4-11(10(8)6-14)15-7-9(13)5-12/h2-5,15H,7H2,1H3/b9-5-. The summed E-state index contributed by atoms with van der Waals surface area (Å²) in [6.45, 7) is 2.31. The van der Waals surface area contributed by atoms with Crippen molar-refractivity contribution in [2.45, 2.75) is 6.92 Å². The van der Waals surface area contributed by atoms with Crippen LogP contribution in [0.4, 0.5) is 5.69 Å². The van der Waals surface area contributed by atoms with Gasteiger partial charge < -0.3 is 5.32 Å². The number of hydrogen-bond acceptors (Lipinski definition) is 2. The number of nitrogens with zero attached hydrogens (tertiary/aromatic N) is 1. The van der Waals surface area contributed by atoms with E-state index in [4.69, 9.17) is 28.5 Å². The Bertz CT molecular complexity index is 419. The van der Waals surface area contributed by atoms with E-state index in [0.29, 0.717) is 17.1 Å². The Hall–Kier alpha value is -1.17. The minimum atomic E-state index is 0.420. The maximum Gasteiger partial charge on any atom is 0.102 e. The van der Waals surface area contributed by atoms with Gasteiger partial charge in [-0.25, -0.2) is 0 Å². The highest BCUT2D eigenvalue weighted by Gasteiger charge is 2.03. The molecule has 0 aliphatic carbocycles. The second-order valence-electron chi connectivity index (χ2n) is 3.02. The Morgan fingerprint density at radius 3 is 2.93 bits per heavy atom. The van der Waals surface area contributed by atoms with Gasteiger partial charge in [-0.15, -0.1) is 0 Å². The van der Waals surface area contributed by atoms with Crippen molar-refractivity contribution in [3.63, 3.8) is 0 Å². The van der Waals surface area contributed by atoms with Crippen molar-refractivity contribution in [1.82, 2.24) is 0 Å². The van der Waals surface area contributed by atoms with Crippen LogP contribution in [0.2, 0.25) is 0 Å². The third-order valence-corrected chi connectivity index (χ3v) is 2.57. The van der Waals surface area contributed by atoms with E-state index < -0.39 is 0 Å². The van der Waals surface area contributed by atoms with Gasteiger partial charge in [-0.1, -0.05) is 35.3 Å². The highest BCUT2D eigenvalue weighted by Crippen LogP contribution is 2.19. The van der Waals surface area contributed by atoms with Gasteiger partial charge in [-0.05, 0) is 18.6 Å². The first-order valence-corrected chi connectivity index (χ1v) is 5.19. The molecule has 78 valence electrons. The Balaban J connectivity index is 2.87. The van der Waals surface area contributed by atoms with Gasteiger partial charge in [0.05, 0.1) is 17.8 Å². The van der Waals surface area contributed by atoms with Gasteiger partial charge in [0.25, 0.3) is 0 Å². The Labute approximate surface area is 99.1 Å². The molecule has 1 aromatic rings. The predicted molar refractivity (Wildman–Crippen MR) is 64.2 cm³/mol. The molecule has 0 unspecified atom stereocenters. The maximum atomic E-state index is 8.96. The van der Waals surface area contributed by atoms with E-state index in [9.17, 15) is 0 Å². The second-order valence-corrected chi connectivity index (χ2v) is 3.72. The van der Waals surface area contributed by atoms with Crippen LogP contribution in [0, 0.1) is 18.3 Å². The molecule has 0 spiro atoms. The number of benzene rings is 1. The normalized spacial score (nSPS) is 10.9. The summed E-state index contributed by atoms with van der Waals surface area (Å²) in [6.07, 6.45) is 0. The van der Waals surface area contributed by atoms with Gasteiger partial charge in [-0.3, -0.25) is 0 Å². The molecule has 0 saturated heterocycles. The predicted octanol–water partition coefficient (Wildman–Crippen LogP) is 3.60. The van der Waals surface area contributed by atoms with Gasteiger partial charge >= 0.3 is 0 Å². The lowest BCUT2D eigenvalue weighted by Crippen LogP contribution is -2.03. The molecule has 0 heterocycles. The van der Waals surface area contributed by atoms with Crippen molar-refractivity contribution >= 4 is 28.9 Å². The van der Waals surface area contributed by atoms with Crippen molar-refractivity contribution in [1.29, 1.82) is 5.26 Å². The molecule has 0 amide bonds. The van der Waals surface area contributed by atoms with Gasteiger partial charge in [-0.2, -0.15) is 5.26 Å². The molecule has 1 rings (SSSR count). The molecule has 1 aromatic carbocycles.